The summed E-state index contributed by atoms with van der Waals surface area (Å²) in [5, 5.41) is 2.98. The second kappa shape index (κ2) is 5.16. The molecular formula is C14H16N4O2. The maximum Gasteiger partial charge on any atom is 0.247 e. The number of hydrogen-bond acceptors (Lipinski definition) is 4. The van der Waals surface area contributed by atoms with Crippen LogP contribution < -0.4 is 16.8 Å². The number of primary amides is 2. The summed E-state index contributed by atoms with van der Waals surface area (Å²) < 4.78 is 0. The van der Waals surface area contributed by atoms with Gasteiger partial charge in [0.15, 0.2) is 0 Å². The first kappa shape index (κ1) is 13.8. The molecule has 1 aromatic rings. The molecule has 2 amide bonds. The zero-order chi connectivity index (χ0) is 14.9. The highest BCUT2D eigenvalue weighted by Gasteiger charge is 2.34. The van der Waals surface area contributed by atoms with E-state index >= 15 is 0 Å². The summed E-state index contributed by atoms with van der Waals surface area (Å²) in [6, 6.07) is 3.52. The number of nitrogens with one attached hydrogen (secondary N) is 1. The van der Waals surface area contributed by atoms with Crippen molar-refractivity contribution in [2.24, 2.45) is 11.5 Å². The van der Waals surface area contributed by atoms with Crippen LogP contribution >= 0.6 is 0 Å². The normalized spacial score (nSPS) is 16.1. The monoisotopic (exact) mass is 272 g/mol. The van der Waals surface area contributed by atoms with Crippen molar-refractivity contribution in [2.75, 3.05) is 0 Å². The van der Waals surface area contributed by atoms with Crippen molar-refractivity contribution in [1.29, 1.82) is 0 Å². The number of carbonyl (C=O) groups is 2. The zero-order valence-electron chi connectivity index (χ0n) is 11.3. The van der Waals surface area contributed by atoms with Gasteiger partial charge in [-0.05, 0) is 25.5 Å². The van der Waals surface area contributed by atoms with Gasteiger partial charge < -0.3 is 16.8 Å². The number of pyridine rings is 1. The van der Waals surface area contributed by atoms with Gasteiger partial charge in [-0.2, -0.15) is 0 Å². The van der Waals surface area contributed by atoms with E-state index in [2.05, 4.69) is 10.3 Å². The molecular weight excluding hydrogens is 256 g/mol. The van der Waals surface area contributed by atoms with Crippen LogP contribution in [0.2, 0.25) is 0 Å². The summed E-state index contributed by atoms with van der Waals surface area (Å²) in [5.74, 6) is -1.76. The lowest BCUT2D eigenvalue weighted by Gasteiger charge is -2.29. The molecule has 0 saturated heterocycles. The van der Waals surface area contributed by atoms with Gasteiger partial charge in [0.05, 0.1) is 0 Å². The van der Waals surface area contributed by atoms with Crippen LogP contribution in [-0.4, -0.2) is 16.8 Å². The fourth-order valence-electron chi connectivity index (χ4n) is 2.53. The maximum absolute atomic E-state index is 11.8. The number of hydrogen-bond donors (Lipinski definition) is 3. The molecule has 0 fully saturated rings. The van der Waals surface area contributed by atoms with Gasteiger partial charge in [-0.15, -0.1) is 0 Å². The Morgan fingerprint density at radius 2 is 1.70 bits per heavy atom. The van der Waals surface area contributed by atoms with Crippen molar-refractivity contribution in [3.05, 3.63) is 52.6 Å². The minimum Gasteiger partial charge on any atom is -0.366 e. The van der Waals surface area contributed by atoms with Crippen molar-refractivity contribution >= 4 is 11.8 Å². The molecule has 1 aliphatic rings. The second-order valence-corrected chi connectivity index (χ2v) is 4.65. The Balaban J connectivity index is 2.67. The molecule has 5 N–H and O–H groups in total. The zero-order valence-corrected chi connectivity index (χ0v) is 11.3. The highest BCUT2D eigenvalue weighted by Crippen LogP contribution is 2.37. The van der Waals surface area contributed by atoms with Crippen molar-refractivity contribution in [3.63, 3.8) is 0 Å². The second-order valence-electron chi connectivity index (χ2n) is 4.65. The Morgan fingerprint density at radius 3 is 2.10 bits per heavy atom. The summed E-state index contributed by atoms with van der Waals surface area (Å²) in [4.78, 5) is 27.5. The predicted molar refractivity (Wildman–Crippen MR) is 73.9 cm³/mol. The van der Waals surface area contributed by atoms with E-state index in [0.29, 0.717) is 28.1 Å². The van der Waals surface area contributed by atoms with Gasteiger partial charge in [0, 0.05) is 40.9 Å². The van der Waals surface area contributed by atoms with Gasteiger partial charge in [0.25, 0.3) is 0 Å². The number of allylic oxidation sites excluding steroid dienone is 2. The Hall–Kier alpha value is -2.63. The fourth-order valence-corrected chi connectivity index (χ4v) is 2.53. The average molecular weight is 272 g/mol. The van der Waals surface area contributed by atoms with E-state index < -0.39 is 17.7 Å². The molecule has 2 heterocycles. The highest BCUT2D eigenvalue weighted by atomic mass is 16.1. The predicted octanol–water partition coefficient (Wildman–Crippen LogP) is 0.287. The molecule has 2 rings (SSSR count). The minimum atomic E-state index is -0.588. The number of nitrogens with zero attached hydrogens (tertiary/aromatic N) is 1. The molecule has 0 aromatic carbocycles. The third-order valence-electron chi connectivity index (χ3n) is 3.31. The molecule has 0 aliphatic carbocycles. The number of aromatic nitrogens is 1. The van der Waals surface area contributed by atoms with Crippen molar-refractivity contribution in [1.82, 2.24) is 10.3 Å². The average Bonchev–Trinajstić information content (AvgIpc) is 2.37. The lowest BCUT2D eigenvalue weighted by Crippen LogP contribution is -2.35. The van der Waals surface area contributed by atoms with E-state index in [0.717, 1.165) is 0 Å². The molecule has 1 aliphatic heterocycles. The van der Waals surface area contributed by atoms with Gasteiger partial charge in [0.2, 0.25) is 11.8 Å². The lowest BCUT2D eigenvalue weighted by atomic mass is 9.80. The van der Waals surface area contributed by atoms with Crippen LogP contribution in [0.3, 0.4) is 0 Å². The molecule has 0 atom stereocenters. The van der Waals surface area contributed by atoms with E-state index in [-0.39, 0.29) is 0 Å². The standard InChI is InChI=1S/C14H16N4O2/c1-7-10(13(15)19)12(9-4-3-5-17-6-9)11(14(16)20)8(2)18-7/h3-6,12,18H,1-2H3,(H2,15,19)(H2,16,20). The molecule has 0 bridgehead atoms. The molecule has 20 heavy (non-hydrogen) atoms. The van der Waals surface area contributed by atoms with E-state index in [9.17, 15) is 9.59 Å². The number of dihydropyridines is 1. The molecule has 6 nitrogen and oxygen atoms in total. The first-order chi connectivity index (χ1) is 9.43. The molecule has 1 aromatic heterocycles. The van der Waals surface area contributed by atoms with Crippen LogP contribution in [0.4, 0.5) is 0 Å². The Morgan fingerprint density at radius 1 is 1.15 bits per heavy atom. The molecule has 0 saturated carbocycles. The summed E-state index contributed by atoms with van der Waals surface area (Å²) >= 11 is 0. The van der Waals surface area contributed by atoms with Crippen LogP contribution in [0.25, 0.3) is 0 Å². The van der Waals surface area contributed by atoms with E-state index in [1.165, 1.54) is 0 Å². The third-order valence-corrected chi connectivity index (χ3v) is 3.31. The highest BCUT2D eigenvalue weighted by molar-refractivity contribution is 6.02. The summed E-state index contributed by atoms with van der Waals surface area (Å²) in [6.45, 7) is 3.48. The van der Waals surface area contributed by atoms with E-state index in [1.807, 2.05) is 0 Å². The first-order valence-electron chi connectivity index (χ1n) is 6.11. The van der Waals surface area contributed by atoms with Gasteiger partial charge in [-0.3, -0.25) is 14.6 Å². The Bertz CT molecular complexity index is 596. The smallest absolute Gasteiger partial charge is 0.247 e. The number of rotatable bonds is 3. The van der Waals surface area contributed by atoms with Crippen molar-refractivity contribution < 1.29 is 9.59 Å². The molecule has 104 valence electrons. The molecule has 0 unspecified atom stereocenters. The Labute approximate surface area is 116 Å². The maximum atomic E-state index is 11.8. The summed E-state index contributed by atoms with van der Waals surface area (Å²) in [6.07, 6.45) is 3.22. The minimum absolute atomic E-state index is 0.331. The van der Waals surface area contributed by atoms with Gasteiger partial charge in [0.1, 0.15) is 0 Å². The number of nitrogens with two attached hydrogens (primary N) is 2. The van der Waals surface area contributed by atoms with E-state index in [4.69, 9.17) is 11.5 Å². The number of amides is 2. The fraction of sp³-hybridized carbons (Fsp3) is 0.214. The summed E-state index contributed by atoms with van der Waals surface area (Å²) in [7, 11) is 0. The molecule has 0 radical (unpaired) electrons. The van der Waals surface area contributed by atoms with Crippen LogP contribution in [0.5, 0.6) is 0 Å². The van der Waals surface area contributed by atoms with Gasteiger partial charge in [-0.25, -0.2) is 0 Å². The van der Waals surface area contributed by atoms with Crippen LogP contribution in [-0.2, 0) is 9.59 Å². The van der Waals surface area contributed by atoms with Crippen LogP contribution in [0, 0.1) is 0 Å². The van der Waals surface area contributed by atoms with Crippen molar-refractivity contribution in [2.45, 2.75) is 19.8 Å². The SMILES string of the molecule is CC1=C(C(N)=O)C(c2cccnc2)C(C(N)=O)=C(C)N1. The molecule has 0 spiro atoms. The van der Waals surface area contributed by atoms with Crippen molar-refractivity contribution in [3.8, 4) is 0 Å². The quantitative estimate of drug-likeness (QED) is 0.734. The van der Waals surface area contributed by atoms with Gasteiger partial charge >= 0.3 is 0 Å². The van der Waals surface area contributed by atoms with Crippen LogP contribution in [0.15, 0.2) is 47.1 Å². The topological polar surface area (TPSA) is 111 Å². The lowest BCUT2D eigenvalue weighted by molar-refractivity contribution is -0.115. The van der Waals surface area contributed by atoms with Gasteiger partial charge in [-0.1, -0.05) is 6.07 Å². The van der Waals surface area contributed by atoms with Crippen LogP contribution in [0.1, 0.15) is 25.3 Å². The molecule has 6 heteroatoms. The summed E-state index contributed by atoms with van der Waals surface area (Å²) in [5.41, 5.74) is 13.5. The van der Waals surface area contributed by atoms with E-state index in [1.54, 1.807) is 38.4 Å². The Kier molecular flexibility index (Phi) is 3.56. The largest absolute Gasteiger partial charge is 0.366 e. The third kappa shape index (κ3) is 2.27. The number of carbonyl (C=O) groups excluding carboxylic acids is 2. The first-order valence-corrected chi connectivity index (χ1v) is 6.11.